The molecule has 54 heavy (non-hydrogen) atoms. The number of hydrogen-bond acceptors (Lipinski definition) is 9. The molecule has 1 saturated carbocycles. The van der Waals surface area contributed by atoms with Crippen LogP contribution in [0.3, 0.4) is 0 Å². The quantitative estimate of drug-likeness (QED) is 0.168. The minimum Gasteiger partial charge on any atom is -0.454 e. The third kappa shape index (κ3) is 11.1. The lowest BCUT2D eigenvalue weighted by Gasteiger charge is -2.46. The Morgan fingerprint density at radius 3 is 2.33 bits per heavy atom. The number of nitrogens with one attached hydrogen (secondary N) is 3. The van der Waals surface area contributed by atoms with E-state index in [0.717, 1.165) is 44.0 Å². The number of primary amides is 1. The number of piperidine rings is 1. The molecule has 13 nitrogen and oxygen atoms in total. The van der Waals surface area contributed by atoms with Crippen molar-refractivity contribution in [1.29, 1.82) is 0 Å². The number of esters is 1. The maximum atomic E-state index is 14.2. The summed E-state index contributed by atoms with van der Waals surface area (Å²) in [6.45, 7) is 6.70. The molecule has 2 heterocycles. The standard InChI is InChI=1S/C41H54N6O7/c1-41(2,3)46-40(52)34-22-28-15-8-9-16-29(28)24-47(34)21-20-31(37(54-36(49)25-53-4)27-13-6-5-7-14-27)44-39(51)33(23-35(42)48)45-38(50)32-19-18-26-12-10-11-17-30(26)43-32/h5-7,10-14,17-19,28-29,31,33-34,37H,8-9,15-16,20-25H2,1-4H3,(H2,42,48)(H,44,51)(H,45,50)(H,46,52)/t28-,29+,31-,33+,34-,37?/m0/s1. The van der Waals surface area contributed by atoms with Crippen LogP contribution in [0.25, 0.3) is 10.9 Å². The molecule has 6 atom stereocenters. The minimum atomic E-state index is -1.36. The van der Waals surface area contributed by atoms with E-state index < -0.39 is 53.8 Å². The lowest BCUT2D eigenvalue weighted by atomic mass is 9.72. The van der Waals surface area contributed by atoms with Crippen LogP contribution >= 0.6 is 0 Å². The van der Waals surface area contributed by atoms with Gasteiger partial charge in [0.25, 0.3) is 5.91 Å². The maximum Gasteiger partial charge on any atom is 0.332 e. The summed E-state index contributed by atoms with van der Waals surface area (Å²) >= 11 is 0. The Kier molecular flexibility index (Phi) is 13.8. The van der Waals surface area contributed by atoms with Crippen LogP contribution in [-0.4, -0.2) is 90.0 Å². The average Bonchev–Trinajstić information content (AvgIpc) is 3.14. The molecule has 1 aliphatic heterocycles. The molecule has 0 spiro atoms. The van der Waals surface area contributed by atoms with E-state index in [2.05, 4.69) is 25.8 Å². The number of aromatic nitrogens is 1. The first kappa shape index (κ1) is 40.3. The number of amides is 4. The average molecular weight is 743 g/mol. The van der Waals surface area contributed by atoms with Crippen molar-refractivity contribution < 1.29 is 33.4 Å². The van der Waals surface area contributed by atoms with Crippen LogP contribution in [0.15, 0.2) is 66.7 Å². The number of methoxy groups -OCH3 is 1. The first-order chi connectivity index (χ1) is 25.8. The summed E-state index contributed by atoms with van der Waals surface area (Å²) in [7, 11) is 1.39. The second-order valence-electron chi connectivity index (χ2n) is 15.5. The van der Waals surface area contributed by atoms with Crippen molar-refractivity contribution in [2.75, 3.05) is 26.8 Å². The molecular formula is C41H54N6O7. The van der Waals surface area contributed by atoms with Crippen molar-refractivity contribution >= 4 is 40.5 Å². The van der Waals surface area contributed by atoms with Gasteiger partial charge >= 0.3 is 5.97 Å². The second-order valence-corrected chi connectivity index (χ2v) is 15.5. The van der Waals surface area contributed by atoms with Crippen molar-refractivity contribution in [3.8, 4) is 0 Å². The number of benzene rings is 2. The van der Waals surface area contributed by atoms with Gasteiger partial charge in [0.15, 0.2) is 0 Å². The number of ether oxygens (including phenoxy) is 2. The fourth-order valence-corrected chi connectivity index (χ4v) is 7.71. The zero-order valence-corrected chi connectivity index (χ0v) is 31.7. The zero-order chi connectivity index (χ0) is 38.8. The van der Waals surface area contributed by atoms with Gasteiger partial charge in [0.2, 0.25) is 17.7 Å². The molecule has 5 N–H and O–H groups in total. The number of carbonyl (C=O) groups excluding carboxylic acids is 5. The van der Waals surface area contributed by atoms with Crippen LogP contribution in [0.1, 0.15) is 87.9 Å². The Morgan fingerprint density at radius 2 is 1.63 bits per heavy atom. The molecule has 2 aliphatic rings. The van der Waals surface area contributed by atoms with Gasteiger partial charge in [-0.15, -0.1) is 0 Å². The van der Waals surface area contributed by atoms with Crippen molar-refractivity contribution in [1.82, 2.24) is 25.8 Å². The molecule has 1 unspecified atom stereocenters. The molecule has 2 fully saturated rings. The van der Waals surface area contributed by atoms with Gasteiger partial charge in [-0.1, -0.05) is 73.9 Å². The lowest BCUT2D eigenvalue weighted by molar-refractivity contribution is -0.156. The van der Waals surface area contributed by atoms with Gasteiger partial charge in [-0.25, -0.2) is 9.78 Å². The van der Waals surface area contributed by atoms with Gasteiger partial charge in [-0.3, -0.25) is 24.1 Å². The van der Waals surface area contributed by atoms with Gasteiger partial charge in [-0.05, 0) is 69.6 Å². The van der Waals surface area contributed by atoms with Gasteiger partial charge in [0.1, 0.15) is 24.4 Å². The number of carbonyl (C=O) groups is 5. The van der Waals surface area contributed by atoms with E-state index in [1.54, 1.807) is 48.5 Å². The molecule has 1 saturated heterocycles. The van der Waals surface area contributed by atoms with Crippen molar-refractivity contribution in [3.63, 3.8) is 0 Å². The highest BCUT2D eigenvalue weighted by Crippen LogP contribution is 2.39. The zero-order valence-electron chi connectivity index (χ0n) is 31.7. The van der Waals surface area contributed by atoms with Crippen LogP contribution in [0.4, 0.5) is 0 Å². The third-order valence-corrected chi connectivity index (χ3v) is 10.2. The maximum absolute atomic E-state index is 14.2. The Labute approximate surface area is 317 Å². The molecule has 3 aromatic rings. The molecule has 4 amide bonds. The summed E-state index contributed by atoms with van der Waals surface area (Å²) < 4.78 is 11.1. The number of para-hydroxylation sites is 1. The normalized spacial score (nSPS) is 20.5. The van der Waals surface area contributed by atoms with Gasteiger partial charge in [-0.2, -0.15) is 0 Å². The molecule has 5 rings (SSSR count). The summed E-state index contributed by atoms with van der Waals surface area (Å²) in [6, 6.07) is 17.1. The number of nitrogens with two attached hydrogens (primary N) is 1. The largest absolute Gasteiger partial charge is 0.454 e. The summed E-state index contributed by atoms with van der Waals surface area (Å²) in [4.78, 5) is 73.3. The van der Waals surface area contributed by atoms with E-state index in [1.165, 1.54) is 7.11 Å². The first-order valence-corrected chi connectivity index (χ1v) is 18.9. The molecule has 13 heteroatoms. The Hall–Kier alpha value is -4.88. The van der Waals surface area contributed by atoms with Gasteiger partial charge < -0.3 is 31.2 Å². The van der Waals surface area contributed by atoms with E-state index in [-0.39, 0.29) is 30.7 Å². The monoisotopic (exact) mass is 742 g/mol. The Morgan fingerprint density at radius 1 is 0.926 bits per heavy atom. The topological polar surface area (TPSA) is 182 Å². The van der Waals surface area contributed by atoms with E-state index >= 15 is 0 Å². The van der Waals surface area contributed by atoms with Crippen LogP contribution in [0, 0.1) is 11.8 Å². The predicted octanol–water partition coefficient (Wildman–Crippen LogP) is 3.81. The molecule has 1 aromatic heterocycles. The molecule has 0 radical (unpaired) electrons. The van der Waals surface area contributed by atoms with Crippen LogP contribution in [0.2, 0.25) is 0 Å². The van der Waals surface area contributed by atoms with Crippen LogP contribution in [-0.2, 0) is 28.7 Å². The Balaban J connectivity index is 1.43. The number of nitrogens with zero attached hydrogens (tertiary/aromatic N) is 2. The number of likely N-dealkylation sites (tertiary alicyclic amines) is 1. The van der Waals surface area contributed by atoms with Crippen molar-refractivity contribution in [3.05, 3.63) is 78.0 Å². The molecular weight excluding hydrogens is 688 g/mol. The fraction of sp³-hybridized carbons (Fsp3) is 0.512. The smallest absolute Gasteiger partial charge is 0.332 e. The number of fused-ring (bicyclic) bond motifs is 2. The number of hydrogen-bond donors (Lipinski definition) is 4. The molecule has 2 aromatic carbocycles. The van der Waals surface area contributed by atoms with Crippen molar-refractivity contribution in [2.45, 2.75) is 95.5 Å². The predicted molar refractivity (Wildman–Crippen MR) is 204 cm³/mol. The number of pyridine rings is 1. The third-order valence-electron chi connectivity index (χ3n) is 10.2. The van der Waals surface area contributed by atoms with Crippen LogP contribution in [0.5, 0.6) is 0 Å². The highest BCUT2D eigenvalue weighted by molar-refractivity contribution is 5.99. The molecule has 290 valence electrons. The van der Waals surface area contributed by atoms with E-state index in [9.17, 15) is 24.0 Å². The fourth-order valence-electron chi connectivity index (χ4n) is 7.71. The minimum absolute atomic E-state index is 0.0372. The van der Waals surface area contributed by atoms with Crippen molar-refractivity contribution in [2.24, 2.45) is 17.6 Å². The Bertz CT molecular complexity index is 1780. The highest BCUT2D eigenvalue weighted by atomic mass is 16.6. The molecule has 1 aliphatic carbocycles. The number of rotatable bonds is 15. The summed E-state index contributed by atoms with van der Waals surface area (Å²) in [5.41, 5.74) is 6.45. The highest BCUT2D eigenvalue weighted by Gasteiger charge is 2.41. The van der Waals surface area contributed by atoms with Crippen LogP contribution < -0.4 is 21.7 Å². The lowest BCUT2D eigenvalue weighted by Crippen LogP contribution is -2.58. The molecule has 0 bridgehead atoms. The SMILES string of the molecule is COCC(=O)OC(c1ccccc1)[C@H](CCN1C[C@H]2CCCC[C@H]2C[C@H]1C(=O)NC(C)(C)C)NC(=O)[C@@H](CC(N)=O)NC(=O)c1ccc2ccccc2n1. The van der Waals surface area contributed by atoms with Gasteiger partial charge in [0.05, 0.1) is 24.0 Å². The van der Waals surface area contributed by atoms with Gasteiger partial charge in [0, 0.05) is 31.1 Å². The first-order valence-electron chi connectivity index (χ1n) is 18.9. The second kappa shape index (κ2) is 18.4. The van der Waals surface area contributed by atoms with E-state index in [0.29, 0.717) is 29.5 Å². The van der Waals surface area contributed by atoms with E-state index in [4.69, 9.17) is 15.2 Å². The summed E-state index contributed by atoms with van der Waals surface area (Å²) in [6.07, 6.45) is 4.06. The summed E-state index contributed by atoms with van der Waals surface area (Å²) in [5.74, 6) is -1.91. The summed E-state index contributed by atoms with van der Waals surface area (Å²) in [5, 5.41) is 9.67. The van der Waals surface area contributed by atoms with E-state index in [1.807, 2.05) is 39.0 Å².